The number of hydrogen-bond acceptors (Lipinski definition) is 2. The van der Waals surface area contributed by atoms with E-state index in [1.807, 2.05) is 30.3 Å². The minimum atomic E-state index is -4.40. The number of ether oxygens (including phenoxy) is 1. The van der Waals surface area contributed by atoms with E-state index in [1.165, 1.54) is 13.2 Å². The zero-order chi connectivity index (χ0) is 14.8. The first-order valence-corrected chi connectivity index (χ1v) is 5.99. The third-order valence-electron chi connectivity index (χ3n) is 3.05. The van der Waals surface area contributed by atoms with Crippen LogP contribution in [0, 0.1) is 0 Å². The van der Waals surface area contributed by atoms with E-state index in [2.05, 4.69) is 0 Å². The number of nitrogens with two attached hydrogens (primary N) is 1. The third kappa shape index (κ3) is 3.89. The first-order chi connectivity index (χ1) is 9.43. The molecule has 0 aliphatic heterocycles. The highest BCUT2D eigenvalue weighted by molar-refractivity contribution is 5.85. The van der Waals surface area contributed by atoms with E-state index < -0.39 is 17.8 Å². The summed E-state index contributed by atoms with van der Waals surface area (Å²) in [5.74, 6) is 0.135. The van der Waals surface area contributed by atoms with Gasteiger partial charge < -0.3 is 10.5 Å². The van der Waals surface area contributed by atoms with Gasteiger partial charge in [-0.05, 0) is 17.7 Å². The second kappa shape index (κ2) is 6.83. The zero-order valence-corrected chi connectivity index (χ0v) is 12.0. The summed E-state index contributed by atoms with van der Waals surface area (Å²) in [7, 11) is 1.33. The summed E-state index contributed by atoms with van der Waals surface area (Å²) in [4.78, 5) is 0. The second-order valence-corrected chi connectivity index (χ2v) is 4.34. The molecular formula is C15H15ClF3NO. The molecule has 21 heavy (non-hydrogen) atoms. The molecule has 0 aliphatic carbocycles. The Balaban J connectivity index is 0.00000220. The molecular weight excluding hydrogens is 303 g/mol. The van der Waals surface area contributed by atoms with Crippen molar-refractivity contribution in [1.82, 2.24) is 0 Å². The number of methoxy groups -OCH3 is 1. The Morgan fingerprint density at radius 1 is 1.05 bits per heavy atom. The van der Waals surface area contributed by atoms with Crippen molar-refractivity contribution in [2.24, 2.45) is 5.73 Å². The average molecular weight is 318 g/mol. The van der Waals surface area contributed by atoms with Crippen molar-refractivity contribution in [2.75, 3.05) is 7.11 Å². The van der Waals surface area contributed by atoms with Crippen LogP contribution in [-0.4, -0.2) is 7.11 Å². The van der Waals surface area contributed by atoms with Gasteiger partial charge in [0.15, 0.2) is 0 Å². The van der Waals surface area contributed by atoms with Gasteiger partial charge in [0, 0.05) is 5.56 Å². The van der Waals surface area contributed by atoms with Gasteiger partial charge >= 0.3 is 6.18 Å². The third-order valence-corrected chi connectivity index (χ3v) is 3.05. The summed E-state index contributed by atoms with van der Waals surface area (Å²) in [6.07, 6.45) is -4.40. The summed E-state index contributed by atoms with van der Waals surface area (Å²) < 4.78 is 43.1. The molecule has 0 spiro atoms. The van der Waals surface area contributed by atoms with Crippen molar-refractivity contribution in [2.45, 2.75) is 12.2 Å². The molecule has 1 atom stereocenters. The van der Waals surface area contributed by atoms with Crippen LogP contribution in [0.25, 0.3) is 0 Å². The normalized spacial score (nSPS) is 12.4. The molecule has 2 aromatic carbocycles. The first-order valence-electron chi connectivity index (χ1n) is 5.99. The Morgan fingerprint density at radius 3 is 2.19 bits per heavy atom. The van der Waals surface area contributed by atoms with Crippen LogP contribution in [-0.2, 0) is 6.18 Å². The van der Waals surface area contributed by atoms with Gasteiger partial charge in [0.25, 0.3) is 0 Å². The van der Waals surface area contributed by atoms with Gasteiger partial charge in [-0.25, -0.2) is 0 Å². The zero-order valence-electron chi connectivity index (χ0n) is 11.2. The van der Waals surface area contributed by atoms with Gasteiger partial charge in [-0.2, -0.15) is 13.2 Å². The molecule has 2 aromatic rings. The SMILES string of the molecule is COc1cc(C(F)(F)F)ccc1C(N)c1ccccc1.Cl. The Morgan fingerprint density at radius 2 is 1.67 bits per heavy atom. The molecule has 6 heteroatoms. The summed E-state index contributed by atoms with van der Waals surface area (Å²) in [6.45, 7) is 0. The fourth-order valence-corrected chi connectivity index (χ4v) is 1.98. The van der Waals surface area contributed by atoms with E-state index in [0.29, 0.717) is 5.56 Å². The van der Waals surface area contributed by atoms with Crippen molar-refractivity contribution < 1.29 is 17.9 Å². The number of hydrogen-bond donors (Lipinski definition) is 1. The quantitative estimate of drug-likeness (QED) is 0.921. The Labute approximate surface area is 127 Å². The summed E-state index contributed by atoms with van der Waals surface area (Å²) in [5.41, 5.74) is 6.67. The molecule has 0 heterocycles. The van der Waals surface area contributed by atoms with E-state index in [1.54, 1.807) is 0 Å². The van der Waals surface area contributed by atoms with Crippen molar-refractivity contribution in [1.29, 1.82) is 0 Å². The Kier molecular flexibility index (Phi) is 5.63. The second-order valence-electron chi connectivity index (χ2n) is 4.34. The van der Waals surface area contributed by atoms with Crippen LogP contribution >= 0.6 is 12.4 Å². The molecule has 2 N–H and O–H groups in total. The first kappa shape index (κ1) is 17.3. The van der Waals surface area contributed by atoms with Crippen LogP contribution in [0.1, 0.15) is 22.7 Å². The van der Waals surface area contributed by atoms with Gasteiger partial charge in [-0.15, -0.1) is 12.4 Å². The van der Waals surface area contributed by atoms with Gasteiger partial charge in [0.05, 0.1) is 18.7 Å². The van der Waals surface area contributed by atoms with Crippen molar-refractivity contribution >= 4 is 12.4 Å². The van der Waals surface area contributed by atoms with Gasteiger partial charge in [-0.1, -0.05) is 36.4 Å². The predicted molar refractivity (Wildman–Crippen MR) is 77.7 cm³/mol. The van der Waals surface area contributed by atoms with Crippen molar-refractivity contribution in [3.63, 3.8) is 0 Å². The van der Waals surface area contributed by atoms with Crippen LogP contribution in [0.3, 0.4) is 0 Å². The maximum absolute atomic E-state index is 12.7. The van der Waals surface area contributed by atoms with Crippen molar-refractivity contribution in [3.05, 3.63) is 65.2 Å². The van der Waals surface area contributed by atoms with E-state index >= 15 is 0 Å². The number of alkyl halides is 3. The maximum atomic E-state index is 12.7. The molecule has 0 aliphatic rings. The van der Waals surface area contributed by atoms with Gasteiger partial charge in [-0.3, -0.25) is 0 Å². The molecule has 0 saturated heterocycles. The summed E-state index contributed by atoms with van der Waals surface area (Å²) in [5, 5.41) is 0. The lowest BCUT2D eigenvalue weighted by molar-refractivity contribution is -0.137. The average Bonchev–Trinajstić information content (AvgIpc) is 2.45. The van der Waals surface area contributed by atoms with Gasteiger partial charge in [0.2, 0.25) is 0 Å². The van der Waals surface area contributed by atoms with Crippen LogP contribution in [0.15, 0.2) is 48.5 Å². The predicted octanol–water partition coefficient (Wildman–Crippen LogP) is 4.18. The van der Waals surface area contributed by atoms with Crippen LogP contribution < -0.4 is 10.5 Å². The fraction of sp³-hybridized carbons (Fsp3) is 0.200. The smallest absolute Gasteiger partial charge is 0.416 e. The molecule has 2 nitrogen and oxygen atoms in total. The van der Waals surface area contributed by atoms with Crippen LogP contribution in [0.2, 0.25) is 0 Å². The van der Waals surface area contributed by atoms with E-state index in [4.69, 9.17) is 10.5 Å². The Hall–Kier alpha value is -1.72. The number of rotatable bonds is 3. The lowest BCUT2D eigenvalue weighted by Crippen LogP contribution is -2.14. The Bertz CT molecular complexity index is 587. The van der Waals surface area contributed by atoms with Gasteiger partial charge in [0.1, 0.15) is 5.75 Å². The molecule has 0 fully saturated rings. The lowest BCUT2D eigenvalue weighted by Gasteiger charge is -2.18. The standard InChI is InChI=1S/C15H14F3NO.ClH/c1-20-13-9-11(15(16,17)18)7-8-12(13)14(19)10-5-3-2-4-6-10;/h2-9,14H,19H2,1H3;1H. The molecule has 0 aromatic heterocycles. The molecule has 0 bridgehead atoms. The summed E-state index contributed by atoms with van der Waals surface area (Å²) >= 11 is 0. The largest absolute Gasteiger partial charge is 0.496 e. The molecule has 1 unspecified atom stereocenters. The highest BCUT2D eigenvalue weighted by Gasteiger charge is 2.31. The van der Waals surface area contributed by atoms with Crippen molar-refractivity contribution in [3.8, 4) is 5.75 Å². The molecule has 0 radical (unpaired) electrons. The van der Waals surface area contributed by atoms with Crippen LogP contribution in [0.4, 0.5) is 13.2 Å². The topological polar surface area (TPSA) is 35.2 Å². The minimum absolute atomic E-state index is 0. The molecule has 0 amide bonds. The molecule has 2 rings (SSSR count). The number of halogens is 4. The fourth-order valence-electron chi connectivity index (χ4n) is 1.98. The molecule has 0 saturated carbocycles. The number of benzene rings is 2. The van der Waals surface area contributed by atoms with E-state index in [9.17, 15) is 13.2 Å². The highest BCUT2D eigenvalue weighted by atomic mass is 35.5. The summed E-state index contributed by atoms with van der Waals surface area (Å²) in [6, 6.07) is 12.0. The minimum Gasteiger partial charge on any atom is -0.496 e. The molecule has 114 valence electrons. The highest BCUT2D eigenvalue weighted by Crippen LogP contribution is 2.35. The lowest BCUT2D eigenvalue weighted by atomic mass is 9.97. The van der Waals surface area contributed by atoms with E-state index in [0.717, 1.165) is 17.7 Å². The van der Waals surface area contributed by atoms with E-state index in [-0.39, 0.29) is 18.2 Å². The maximum Gasteiger partial charge on any atom is 0.416 e. The van der Waals surface area contributed by atoms with Crippen LogP contribution in [0.5, 0.6) is 5.75 Å². The monoisotopic (exact) mass is 317 g/mol.